The van der Waals surface area contributed by atoms with E-state index in [0.29, 0.717) is 15.5 Å². The number of rotatable bonds is 6. The Bertz CT molecular complexity index is 1390. The molecule has 3 unspecified atom stereocenters. The van der Waals surface area contributed by atoms with Crippen LogP contribution in [0.25, 0.3) is 0 Å². The quantitative estimate of drug-likeness (QED) is 0.528. The molecule has 2 heterocycles. The Balaban J connectivity index is 1.95. The minimum atomic E-state index is -4.84. The van der Waals surface area contributed by atoms with Gasteiger partial charge in [0.15, 0.2) is 0 Å². The Morgan fingerprint density at radius 3 is 2.21 bits per heavy atom. The topological polar surface area (TPSA) is 90.0 Å². The highest BCUT2D eigenvalue weighted by molar-refractivity contribution is 7.93. The summed E-state index contributed by atoms with van der Waals surface area (Å²) in [6.07, 6.45) is -5.10. The van der Waals surface area contributed by atoms with Crippen molar-refractivity contribution in [2.45, 2.75) is 34.6 Å². The van der Waals surface area contributed by atoms with Gasteiger partial charge in [-0.2, -0.15) is 13.2 Å². The SMILES string of the molecule is CN(C)C1CNC2(S(=O)(=O)c3ccc(Cl)cc3Cl)CN(CC(F)(F)F)C(=O)C(Cc3ccc(Cl)cc3)N2C1=O. The Hall–Kier alpha value is -2.09. The number of hydrogen-bond acceptors (Lipinski definition) is 6. The summed E-state index contributed by atoms with van der Waals surface area (Å²) in [6, 6.07) is 7.22. The van der Waals surface area contributed by atoms with Crippen LogP contribution >= 0.6 is 34.8 Å². The molecule has 2 aliphatic rings. The van der Waals surface area contributed by atoms with Crippen LogP contribution < -0.4 is 5.32 Å². The van der Waals surface area contributed by atoms with Crippen LogP contribution in [0, 0.1) is 0 Å². The minimum absolute atomic E-state index is 0.131. The molecule has 3 atom stereocenters. The number of amides is 2. The average molecular weight is 628 g/mol. The van der Waals surface area contributed by atoms with Crippen LogP contribution in [0.2, 0.25) is 15.1 Å². The lowest BCUT2D eigenvalue weighted by atomic mass is 9.96. The average Bonchev–Trinajstić information content (AvgIpc) is 2.81. The van der Waals surface area contributed by atoms with E-state index >= 15 is 0 Å². The molecule has 0 spiro atoms. The van der Waals surface area contributed by atoms with Crippen LogP contribution in [0.1, 0.15) is 5.56 Å². The zero-order chi connectivity index (χ0) is 28.9. The van der Waals surface area contributed by atoms with Crippen molar-refractivity contribution in [3.63, 3.8) is 0 Å². The minimum Gasteiger partial charge on any atom is -0.327 e. The molecular formula is C24H24Cl3F3N4O4S. The zero-order valence-electron chi connectivity index (χ0n) is 20.7. The number of nitrogens with zero attached hydrogens (tertiary/aromatic N) is 3. The van der Waals surface area contributed by atoms with Crippen LogP contribution in [0.5, 0.6) is 0 Å². The Morgan fingerprint density at radius 2 is 1.64 bits per heavy atom. The summed E-state index contributed by atoms with van der Waals surface area (Å²) in [5, 5.41) is 3.07. The molecule has 0 aliphatic carbocycles. The third-order valence-corrected chi connectivity index (χ3v) is 9.97. The van der Waals surface area contributed by atoms with E-state index in [9.17, 15) is 31.2 Å². The third kappa shape index (κ3) is 5.59. The zero-order valence-corrected chi connectivity index (χ0v) is 23.8. The molecule has 2 aromatic carbocycles. The van der Waals surface area contributed by atoms with E-state index in [1.807, 2.05) is 0 Å². The second-order valence-corrected chi connectivity index (χ2v) is 13.0. The maximum absolute atomic E-state index is 14.3. The lowest BCUT2D eigenvalue weighted by Crippen LogP contribution is -2.83. The van der Waals surface area contributed by atoms with E-state index < -0.39 is 62.9 Å². The Morgan fingerprint density at radius 1 is 1.03 bits per heavy atom. The molecule has 0 bridgehead atoms. The highest BCUT2D eigenvalue weighted by Crippen LogP contribution is 2.41. The molecule has 2 amide bonds. The number of hydrogen-bond donors (Lipinski definition) is 1. The lowest BCUT2D eigenvalue weighted by molar-refractivity contribution is -0.183. The molecule has 8 nitrogen and oxygen atoms in total. The first kappa shape index (κ1) is 29.9. The van der Waals surface area contributed by atoms with Gasteiger partial charge in [0.05, 0.1) is 16.5 Å². The molecular weight excluding hydrogens is 604 g/mol. The number of carbonyl (C=O) groups is 2. The van der Waals surface area contributed by atoms with E-state index in [2.05, 4.69) is 5.32 Å². The van der Waals surface area contributed by atoms with Gasteiger partial charge in [0.2, 0.25) is 26.6 Å². The summed E-state index contributed by atoms with van der Waals surface area (Å²) >= 11 is 18.2. The summed E-state index contributed by atoms with van der Waals surface area (Å²) in [7, 11) is -1.56. The Kier molecular flexibility index (Phi) is 8.21. The molecule has 4 rings (SSSR count). The van der Waals surface area contributed by atoms with Gasteiger partial charge in [-0.1, -0.05) is 46.9 Å². The molecule has 0 aromatic heterocycles. The number of fused-ring (bicyclic) bond motifs is 1. The van der Waals surface area contributed by atoms with Gasteiger partial charge in [0.25, 0.3) is 0 Å². The van der Waals surface area contributed by atoms with Gasteiger partial charge < -0.3 is 4.90 Å². The van der Waals surface area contributed by atoms with Crippen molar-refractivity contribution in [1.29, 1.82) is 0 Å². The van der Waals surface area contributed by atoms with Crippen LogP contribution in [0.3, 0.4) is 0 Å². The van der Waals surface area contributed by atoms with Crippen molar-refractivity contribution in [3.05, 3.63) is 63.1 Å². The van der Waals surface area contributed by atoms with Crippen molar-refractivity contribution < 1.29 is 31.2 Å². The van der Waals surface area contributed by atoms with Crippen LogP contribution in [-0.4, -0.2) is 91.9 Å². The Labute approximate surface area is 238 Å². The van der Waals surface area contributed by atoms with E-state index in [1.165, 1.54) is 29.2 Å². The predicted molar refractivity (Wildman–Crippen MR) is 140 cm³/mol. The second kappa shape index (κ2) is 10.7. The van der Waals surface area contributed by atoms with Crippen molar-refractivity contribution in [3.8, 4) is 0 Å². The number of sulfone groups is 1. The number of benzene rings is 2. The lowest BCUT2D eigenvalue weighted by Gasteiger charge is -2.57. The molecule has 39 heavy (non-hydrogen) atoms. The van der Waals surface area contributed by atoms with Crippen LogP contribution in [0.4, 0.5) is 13.2 Å². The number of carbonyl (C=O) groups excluding carboxylic acids is 2. The second-order valence-electron chi connectivity index (χ2n) is 9.59. The predicted octanol–water partition coefficient (Wildman–Crippen LogP) is 3.45. The van der Waals surface area contributed by atoms with Gasteiger partial charge in [-0.25, -0.2) is 8.42 Å². The van der Waals surface area contributed by atoms with Gasteiger partial charge in [-0.05, 0) is 50.0 Å². The van der Waals surface area contributed by atoms with E-state index in [0.717, 1.165) is 11.0 Å². The molecule has 0 radical (unpaired) electrons. The molecule has 2 fully saturated rings. The largest absolute Gasteiger partial charge is 0.406 e. The number of nitrogens with one attached hydrogen (secondary N) is 1. The standard InChI is InChI=1S/C24H24Cl3F3N4O4S/c1-32(2)19-11-31-24(39(37,38)20-8-7-16(26)10-17(20)27)13-33(12-23(28,29)30)21(35)18(34(24)22(19)36)9-14-3-5-15(25)6-4-14/h3-8,10,18-19,31H,9,11-13H2,1-2H3. The maximum atomic E-state index is 14.3. The van der Waals surface area contributed by atoms with Crippen molar-refractivity contribution in [2.24, 2.45) is 0 Å². The van der Waals surface area contributed by atoms with Gasteiger partial charge in [0, 0.05) is 23.0 Å². The van der Waals surface area contributed by atoms with Crippen molar-refractivity contribution >= 4 is 56.5 Å². The summed E-state index contributed by atoms with van der Waals surface area (Å²) in [6.45, 7) is -2.90. The van der Waals surface area contributed by atoms with Gasteiger partial charge in [0.1, 0.15) is 18.6 Å². The fourth-order valence-corrected chi connectivity index (χ4v) is 7.76. The summed E-state index contributed by atoms with van der Waals surface area (Å²) < 4.78 is 69.5. The molecule has 0 saturated carbocycles. The monoisotopic (exact) mass is 626 g/mol. The highest BCUT2D eigenvalue weighted by Gasteiger charge is 2.64. The van der Waals surface area contributed by atoms with Crippen molar-refractivity contribution in [1.82, 2.24) is 20.0 Å². The fraction of sp³-hybridized carbons (Fsp3) is 0.417. The summed E-state index contributed by atoms with van der Waals surface area (Å²) in [5.41, 5.74) is 0.460. The smallest absolute Gasteiger partial charge is 0.327 e. The molecule has 212 valence electrons. The first-order chi connectivity index (χ1) is 18.1. The van der Waals surface area contributed by atoms with Crippen LogP contribution in [0.15, 0.2) is 47.4 Å². The summed E-state index contributed by atoms with van der Waals surface area (Å²) in [4.78, 5) is 27.5. The molecule has 2 aromatic rings. The maximum Gasteiger partial charge on any atom is 0.406 e. The van der Waals surface area contributed by atoms with E-state index in [-0.39, 0.29) is 23.0 Å². The van der Waals surface area contributed by atoms with Crippen molar-refractivity contribution in [2.75, 3.05) is 33.7 Å². The van der Waals surface area contributed by atoms with E-state index in [1.54, 1.807) is 26.2 Å². The molecule has 15 heteroatoms. The number of piperazine rings is 1. The fourth-order valence-electron chi connectivity index (χ4n) is 4.92. The van der Waals surface area contributed by atoms with Gasteiger partial charge >= 0.3 is 6.18 Å². The normalized spacial score (nSPS) is 24.3. The number of alkyl halides is 3. The van der Waals surface area contributed by atoms with Gasteiger partial charge in [-0.3, -0.25) is 24.7 Å². The first-order valence-corrected chi connectivity index (χ1v) is 14.2. The van der Waals surface area contributed by atoms with Gasteiger partial charge in [-0.15, -0.1) is 0 Å². The van der Waals surface area contributed by atoms with Crippen LogP contribution in [-0.2, 0) is 25.8 Å². The first-order valence-electron chi connectivity index (χ1n) is 11.6. The number of likely N-dealkylation sites (N-methyl/N-ethyl adjacent to an activating group) is 1. The van der Waals surface area contributed by atoms with E-state index in [4.69, 9.17) is 34.8 Å². The number of halogens is 6. The molecule has 2 aliphatic heterocycles. The third-order valence-electron chi connectivity index (χ3n) is 6.76. The summed E-state index contributed by atoms with van der Waals surface area (Å²) in [5.74, 6) is -1.77. The highest BCUT2D eigenvalue weighted by atomic mass is 35.5. The molecule has 1 N–H and O–H groups in total. The molecule has 2 saturated heterocycles.